The minimum Gasteiger partial charge on any atom is -0.365 e. The van der Waals surface area contributed by atoms with Gasteiger partial charge in [0.1, 0.15) is 0 Å². The van der Waals surface area contributed by atoms with Gasteiger partial charge in [-0.15, -0.1) is 0 Å². The Morgan fingerprint density at radius 2 is 2.31 bits per heavy atom. The van der Waals surface area contributed by atoms with Crippen LogP contribution in [0.25, 0.3) is 11.3 Å². The van der Waals surface area contributed by atoms with Gasteiger partial charge in [0.2, 0.25) is 0 Å². The summed E-state index contributed by atoms with van der Waals surface area (Å²) in [5.41, 5.74) is 1.57. The highest BCUT2D eigenvalue weighted by molar-refractivity contribution is 7.18. The number of carbonyl (C=O) groups excluding carboxylic acids is 1. The van der Waals surface area contributed by atoms with Crippen LogP contribution in [0.4, 0.5) is 5.13 Å². The molecule has 0 bridgehead atoms. The van der Waals surface area contributed by atoms with Crippen LogP contribution in [0, 0.1) is 0 Å². The van der Waals surface area contributed by atoms with Crippen molar-refractivity contribution < 1.29 is 4.79 Å². The van der Waals surface area contributed by atoms with Gasteiger partial charge in [0.15, 0.2) is 10.9 Å². The Morgan fingerprint density at radius 3 is 2.81 bits per heavy atom. The molecular weight excluding hydrogens is 224 g/mol. The molecule has 6 heteroatoms. The number of thiazole rings is 1. The van der Waals surface area contributed by atoms with Crippen LogP contribution in [-0.4, -0.2) is 27.6 Å². The van der Waals surface area contributed by atoms with Gasteiger partial charge in [-0.3, -0.25) is 9.48 Å². The van der Waals surface area contributed by atoms with E-state index in [0.717, 1.165) is 10.7 Å². The van der Waals surface area contributed by atoms with E-state index in [0.29, 0.717) is 10.6 Å². The van der Waals surface area contributed by atoms with Crippen LogP contribution >= 0.6 is 11.3 Å². The molecule has 0 saturated carbocycles. The summed E-state index contributed by atoms with van der Waals surface area (Å²) in [7, 11) is 3.62. The summed E-state index contributed by atoms with van der Waals surface area (Å²) >= 11 is 1.36. The maximum Gasteiger partial charge on any atom is 0.183 e. The summed E-state index contributed by atoms with van der Waals surface area (Å²) in [6, 6.07) is 0. The maximum absolute atomic E-state index is 11.5. The SMILES string of the molecule is CNc1nc(-c2cnn(C)c2)c(C(C)=O)s1. The predicted octanol–water partition coefficient (Wildman–Crippen LogP) is 1.79. The number of ketones is 1. The first-order valence-corrected chi connectivity index (χ1v) is 5.62. The van der Waals surface area contributed by atoms with E-state index in [1.54, 1.807) is 24.9 Å². The Balaban J connectivity index is 2.54. The zero-order valence-electron chi connectivity index (χ0n) is 9.31. The van der Waals surface area contributed by atoms with Crippen molar-refractivity contribution in [3.05, 3.63) is 17.3 Å². The molecule has 0 aliphatic rings. The van der Waals surface area contributed by atoms with Crippen molar-refractivity contribution in [3.8, 4) is 11.3 Å². The average molecular weight is 236 g/mol. The molecule has 0 aromatic carbocycles. The minimum absolute atomic E-state index is 0.0258. The summed E-state index contributed by atoms with van der Waals surface area (Å²) in [6.45, 7) is 1.55. The number of rotatable bonds is 3. The highest BCUT2D eigenvalue weighted by atomic mass is 32.1. The smallest absolute Gasteiger partial charge is 0.183 e. The van der Waals surface area contributed by atoms with Crippen molar-refractivity contribution in [1.29, 1.82) is 0 Å². The van der Waals surface area contributed by atoms with Gasteiger partial charge in [-0.2, -0.15) is 5.10 Å². The fourth-order valence-corrected chi connectivity index (χ4v) is 2.24. The largest absolute Gasteiger partial charge is 0.365 e. The fourth-order valence-electron chi connectivity index (χ4n) is 1.40. The van der Waals surface area contributed by atoms with Gasteiger partial charge in [0.25, 0.3) is 0 Å². The number of Topliss-reactive ketones (excluding diaryl/α,β-unsaturated/α-hetero) is 1. The number of nitrogens with one attached hydrogen (secondary N) is 1. The van der Waals surface area contributed by atoms with Crippen LogP contribution in [0.1, 0.15) is 16.6 Å². The lowest BCUT2D eigenvalue weighted by Crippen LogP contribution is -1.91. The Labute approximate surface area is 97.1 Å². The first-order valence-electron chi connectivity index (χ1n) is 4.80. The second kappa shape index (κ2) is 4.05. The van der Waals surface area contributed by atoms with Gasteiger partial charge in [-0.25, -0.2) is 4.98 Å². The van der Waals surface area contributed by atoms with Gasteiger partial charge >= 0.3 is 0 Å². The molecule has 1 N–H and O–H groups in total. The van der Waals surface area contributed by atoms with E-state index in [1.165, 1.54) is 11.3 Å². The highest BCUT2D eigenvalue weighted by Gasteiger charge is 2.16. The highest BCUT2D eigenvalue weighted by Crippen LogP contribution is 2.30. The van der Waals surface area contributed by atoms with Crippen LogP contribution in [0.5, 0.6) is 0 Å². The zero-order chi connectivity index (χ0) is 11.7. The Hall–Kier alpha value is -1.69. The van der Waals surface area contributed by atoms with Crippen LogP contribution in [0.15, 0.2) is 12.4 Å². The molecule has 0 fully saturated rings. The molecule has 2 rings (SSSR count). The van der Waals surface area contributed by atoms with Crippen LogP contribution in [0.2, 0.25) is 0 Å². The molecule has 0 spiro atoms. The van der Waals surface area contributed by atoms with E-state index in [4.69, 9.17) is 0 Å². The summed E-state index contributed by atoms with van der Waals surface area (Å²) in [4.78, 5) is 16.5. The first-order chi connectivity index (χ1) is 7.61. The van der Waals surface area contributed by atoms with E-state index >= 15 is 0 Å². The average Bonchev–Trinajstić information content (AvgIpc) is 2.82. The number of aryl methyl sites for hydroxylation is 1. The van der Waals surface area contributed by atoms with Crippen LogP contribution in [-0.2, 0) is 7.05 Å². The molecule has 0 unspecified atom stereocenters. The van der Waals surface area contributed by atoms with Crippen LogP contribution < -0.4 is 5.32 Å². The lowest BCUT2D eigenvalue weighted by molar-refractivity contribution is 0.102. The van der Waals surface area contributed by atoms with Crippen molar-refractivity contribution in [2.45, 2.75) is 6.92 Å². The number of aromatic nitrogens is 3. The third-order valence-electron chi connectivity index (χ3n) is 2.14. The molecule has 2 aromatic heterocycles. The van der Waals surface area contributed by atoms with Gasteiger partial charge in [0, 0.05) is 32.8 Å². The normalized spacial score (nSPS) is 10.4. The van der Waals surface area contributed by atoms with E-state index in [9.17, 15) is 4.79 Å². The Morgan fingerprint density at radius 1 is 1.56 bits per heavy atom. The number of hydrogen-bond donors (Lipinski definition) is 1. The van der Waals surface area contributed by atoms with E-state index in [1.807, 2.05) is 13.2 Å². The summed E-state index contributed by atoms with van der Waals surface area (Å²) in [5, 5.41) is 7.77. The van der Waals surface area contributed by atoms with Gasteiger partial charge in [-0.05, 0) is 0 Å². The predicted molar refractivity (Wildman–Crippen MR) is 63.9 cm³/mol. The first kappa shape index (κ1) is 10.8. The summed E-state index contributed by atoms with van der Waals surface area (Å²) in [5.74, 6) is 0.0258. The standard InChI is InChI=1S/C10H12N4OS/c1-6(15)9-8(13-10(11-2)16-9)7-4-12-14(3)5-7/h4-5H,1-3H3,(H,11,13). The summed E-state index contributed by atoms with van der Waals surface area (Å²) < 4.78 is 1.69. The fraction of sp³-hybridized carbons (Fsp3) is 0.300. The Bertz CT molecular complexity index is 529. The van der Waals surface area contributed by atoms with Crippen molar-refractivity contribution in [2.24, 2.45) is 7.05 Å². The van der Waals surface area contributed by atoms with Crippen LogP contribution in [0.3, 0.4) is 0 Å². The number of hydrogen-bond acceptors (Lipinski definition) is 5. The molecule has 5 nitrogen and oxygen atoms in total. The topological polar surface area (TPSA) is 59.8 Å². The third-order valence-corrected chi connectivity index (χ3v) is 3.31. The minimum atomic E-state index is 0.0258. The molecule has 0 radical (unpaired) electrons. The molecule has 0 saturated heterocycles. The molecule has 0 amide bonds. The lowest BCUT2D eigenvalue weighted by atomic mass is 10.2. The molecule has 2 heterocycles. The number of nitrogens with zero attached hydrogens (tertiary/aromatic N) is 3. The van der Waals surface area contributed by atoms with E-state index in [2.05, 4.69) is 15.4 Å². The van der Waals surface area contributed by atoms with Crippen molar-refractivity contribution in [2.75, 3.05) is 12.4 Å². The molecule has 0 atom stereocenters. The van der Waals surface area contributed by atoms with E-state index in [-0.39, 0.29) is 5.78 Å². The van der Waals surface area contributed by atoms with Crippen molar-refractivity contribution >= 4 is 22.3 Å². The molecule has 0 aliphatic heterocycles. The van der Waals surface area contributed by atoms with Crippen molar-refractivity contribution in [3.63, 3.8) is 0 Å². The van der Waals surface area contributed by atoms with Crippen molar-refractivity contribution in [1.82, 2.24) is 14.8 Å². The monoisotopic (exact) mass is 236 g/mol. The number of anilines is 1. The van der Waals surface area contributed by atoms with Gasteiger partial charge < -0.3 is 5.32 Å². The zero-order valence-corrected chi connectivity index (χ0v) is 10.1. The maximum atomic E-state index is 11.5. The quantitative estimate of drug-likeness (QED) is 0.825. The van der Waals surface area contributed by atoms with Gasteiger partial charge in [0.05, 0.1) is 16.8 Å². The summed E-state index contributed by atoms with van der Waals surface area (Å²) in [6.07, 6.45) is 3.56. The van der Waals surface area contributed by atoms with Gasteiger partial charge in [-0.1, -0.05) is 11.3 Å². The molecule has 2 aromatic rings. The number of carbonyl (C=O) groups is 1. The molecule has 84 valence electrons. The molecule has 16 heavy (non-hydrogen) atoms. The molecular formula is C10H12N4OS. The molecule has 0 aliphatic carbocycles. The van der Waals surface area contributed by atoms with E-state index < -0.39 is 0 Å². The second-order valence-electron chi connectivity index (χ2n) is 3.41. The second-order valence-corrected chi connectivity index (χ2v) is 4.40. The lowest BCUT2D eigenvalue weighted by Gasteiger charge is -1.93. The Kier molecular flexibility index (Phi) is 2.74. The third kappa shape index (κ3) is 1.83.